The number of hydrogen-bond acceptors (Lipinski definition) is 4. The minimum atomic E-state index is -0.432. The molecule has 1 atom stereocenters. The van der Waals surface area contributed by atoms with Crippen LogP contribution in [0.1, 0.15) is 26.3 Å². The lowest BCUT2D eigenvalue weighted by molar-refractivity contribution is -0.384. The summed E-state index contributed by atoms with van der Waals surface area (Å²) in [6.07, 6.45) is 0.533. The zero-order valence-corrected chi connectivity index (χ0v) is 10.8. The van der Waals surface area contributed by atoms with Crippen molar-refractivity contribution in [2.45, 2.75) is 38.8 Å². The van der Waals surface area contributed by atoms with Crippen molar-refractivity contribution in [3.63, 3.8) is 0 Å². The first-order chi connectivity index (χ1) is 8.31. The van der Waals surface area contributed by atoms with Gasteiger partial charge in [-0.3, -0.25) is 15.4 Å². The smallest absolute Gasteiger partial charge is 0.269 e. The Kier molecular flexibility index (Phi) is 4.40. The summed E-state index contributed by atoms with van der Waals surface area (Å²) in [7, 11) is 0. The second kappa shape index (κ2) is 5.61. The maximum absolute atomic E-state index is 10.5. The Hall–Kier alpha value is -1.93. The second-order valence-electron chi connectivity index (χ2n) is 5.20. The maximum atomic E-state index is 10.5. The molecule has 0 saturated heterocycles. The van der Waals surface area contributed by atoms with E-state index in [0.717, 1.165) is 5.56 Å². The van der Waals surface area contributed by atoms with E-state index in [4.69, 9.17) is 5.26 Å². The molecule has 0 aliphatic rings. The van der Waals surface area contributed by atoms with E-state index in [1.807, 2.05) is 20.8 Å². The fourth-order valence-corrected chi connectivity index (χ4v) is 1.64. The van der Waals surface area contributed by atoms with E-state index in [2.05, 4.69) is 11.4 Å². The Balaban J connectivity index is 2.71. The molecule has 0 aliphatic carbocycles. The predicted octanol–water partition coefficient (Wildman–Crippen LogP) is 2.42. The molecule has 0 saturated carbocycles. The Morgan fingerprint density at radius 1 is 1.39 bits per heavy atom. The van der Waals surface area contributed by atoms with Crippen molar-refractivity contribution in [2.75, 3.05) is 0 Å². The van der Waals surface area contributed by atoms with Crippen LogP contribution in [-0.4, -0.2) is 16.5 Å². The van der Waals surface area contributed by atoms with Crippen LogP contribution in [0.3, 0.4) is 0 Å². The van der Waals surface area contributed by atoms with Crippen molar-refractivity contribution in [3.8, 4) is 6.07 Å². The standard InChI is InChI=1S/C13H17N3O2/c1-13(2,3)15-11(9-14)8-10-4-6-12(7-5-10)16(17)18/h4-7,11,15H,8H2,1-3H3. The largest absolute Gasteiger partial charge is 0.297 e. The lowest BCUT2D eigenvalue weighted by atomic mass is 10.0. The Morgan fingerprint density at radius 2 is 1.94 bits per heavy atom. The zero-order chi connectivity index (χ0) is 13.8. The van der Waals surface area contributed by atoms with Crippen LogP contribution < -0.4 is 5.32 Å². The van der Waals surface area contributed by atoms with Gasteiger partial charge in [-0.15, -0.1) is 0 Å². The summed E-state index contributed by atoms with van der Waals surface area (Å²) in [4.78, 5) is 10.1. The Labute approximate surface area is 107 Å². The molecule has 0 radical (unpaired) electrons. The molecule has 1 rings (SSSR count). The highest BCUT2D eigenvalue weighted by Gasteiger charge is 2.17. The third kappa shape index (κ3) is 4.52. The van der Waals surface area contributed by atoms with Crippen LogP contribution in [0.5, 0.6) is 0 Å². The predicted molar refractivity (Wildman–Crippen MR) is 69.1 cm³/mol. The summed E-state index contributed by atoms with van der Waals surface area (Å²) in [5.74, 6) is 0. The van der Waals surface area contributed by atoms with Gasteiger partial charge in [0.25, 0.3) is 5.69 Å². The molecule has 1 N–H and O–H groups in total. The molecule has 0 heterocycles. The molecule has 0 bridgehead atoms. The van der Waals surface area contributed by atoms with Gasteiger partial charge in [-0.1, -0.05) is 12.1 Å². The quantitative estimate of drug-likeness (QED) is 0.654. The first-order valence-electron chi connectivity index (χ1n) is 5.72. The van der Waals surface area contributed by atoms with Crippen molar-refractivity contribution in [1.29, 1.82) is 5.26 Å². The molecule has 5 heteroatoms. The summed E-state index contributed by atoms with van der Waals surface area (Å²) in [5, 5.41) is 22.8. The highest BCUT2D eigenvalue weighted by molar-refractivity contribution is 5.33. The first-order valence-corrected chi connectivity index (χ1v) is 5.72. The minimum Gasteiger partial charge on any atom is -0.297 e. The van der Waals surface area contributed by atoms with E-state index in [1.165, 1.54) is 12.1 Å². The number of rotatable bonds is 4. The second-order valence-corrected chi connectivity index (χ2v) is 5.20. The van der Waals surface area contributed by atoms with E-state index < -0.39 is 4.92 Å². The van der Waals surface area contributed by atoms with Crippen molar-refractivity contribution in [1.82, 2.24) is 5.32 Å². The van der Waals surface area contributed by atoms with Crippen LogP contribution >= 0.6 is 0 Å². The molecule has 1 unspecified atom stereocenters. The number of benzene rings is 1. The maximum Gasteiger partial charge on any atom is 0.269 e. The third-order valence-electron chi connectivity index (χ3n) is 2.35. The highest BCUT2D eigenvalue weighted by Crippen LogP contribution is 2.14. The average Bonchev–Trinajstić information content (AvgIpc) is 2.27. The Bertz CT molecular complexity index is 455. The molecule has 0 aliphatic heterocycles. The molecule has 0 amide bonds. The molecule has 0 fully saturated rings. The van der Waals surface area contributed by atoms with Gasteiger partial charge in [-0.05, 0) is 26.3 Å². The molecule has 1 aromatic rings. The molecule has 1 aromatic carbocycles. The van der Waals surface area contributed by atoms with Crippen molar-refractivity contribution >= 4 is 5.69 Å². The van der Waals surface area contributed by atoms with Gasteiger partial charge in [0.2, 0.25) is 0 Å². The van der Waals surface area contributed by atoms with Crippen molar-refractivity contribution < 1.29 is 4.92 Å². The SMILES string of the molecule is CC(C)(C)NC(C#N)Cc1ccc([N+](=O)[O-])cc1. The van der Waals surface area contributed by atoms with Gasteiger partial charge in [-0.2, -0.15) is 5.26 Å². The molecule has 18 heavy (non-hydrogen) atoms. The fraction of sp³-hybridized carbons (Fsp3) is 0.462. The van der Waals surface area contributed by atoms with Gasteiger partial charge >= 0.3 is 0 Å². The lowest BCUT2D eigenvalue weighted by Crippen LogP contribution is -2.43. The molecule has 5 nitrogen and oxygen atoms in total. The van der Waals surface area contributed by atoms with Gasteiger partial charge < -0.3 is 0 Å². The van der Waals surface area contributed by atoms with E-state index in [0.29, 0.717) is 6.42 Å². The number of nitro groups is 1. The first kappa shape index (κ1) is 14.1. The summed E-state index contributed by atoms with van der Waals surface area (Å²) in [5.41, 5.74) is 0.834. The van der Waals surface area contributed by atoms with Gasteiger partial charge in [0.1, 0.15) is 0 Å². The highest BCUT2D eigenvalue weighted by atomic mass is 16.6. The molecule has 0 aromatic heterocycles. The average molecular weight is 247 g/mol. The number of hydrogen-bond donors (Lipinski definition) is 1. The fourth-order valence-electron chi connectivity index (χ4n) is 1.64. The number of non-ortho nitro benzene ring substituents is 1. The van der Waals surface area contributed by atoms with E-state index in [1.54, 1.807) is 12.1 Å². The summed E-state index contributed by atoms with van der Waals surface area (Å²) in [6.45, 7) is 5.98. The number of nitrogens with zero attached hydrogens (tertiary/aromatic N) is 2. The zero-order valence-electron chi connectivity index (χ0n) is 10.8. The summed E-state index contributed by atoms with van der Waals surface area (Å²) in [6, 6.07) is 8.19. The molecular weight excluding hydrogens is 230 g/mol. The van der Waals surface area contributed by atoms with Crippen LogP contribution in [0.2, 0.25) is 0 Å². The number of nitro benzene ring substituents is 1. The summed E-state index contributed by atoms with van der Waals surface area (Å²) >= 11 is 0. The van der Waals surface area contributed by atoms with E-state index >= 15 is 0 Å². The molecule has 96 valence electrons. The molecular formula is C13H17N3O2. The van der Waals surface area contributed by atoms with Crippen LogP contribution in [-0.2, 0) is 6.42 Å². The number of nitriles is 1. The van der Waals surface area contributed by atoms with E-state index in [9.17, 15) is 10.1 Å². The van der Waals surface area contributed by atoms with E-state index in [-0.39, 0.29) is 17.3 Å². The van der Waals surface area contributed by atoms with Crippen LogP contribution in [0.15, 0.2) is 24.3 Å². The molecule has 0 spiro atoms. The monoisotopic (exact) mass is 247 g/mol. The van der Waals surface area contributed by atoms with Gasteiger partial charge in [0.05, 0.1) is 17.0 Å². The number of nitrogens with one attached hydrogen (secondary N) is 1. The topological polar surface area (TPSA) is 79.0 Å². The van der Waals surface area contributed by atoms with Crippen molar-refractivity contribution in [3.05, 3.63) is 39.9 Å². The lowest BCUT2D eigenvalue weighted by Gasteiger charge is -2.24. The summed E-state index contributed by atoms with van der Waals surface area (Å²) < 4.78 is 0. The van der Waals surface area contributed by atoms with Gasteiger partial charge in [0, 0.05) is 24.1 Å². The third-order valence-corrected chi connectivity index (χ3v) is 2.35. The van der Waals surface area contributed by atoms with Crippen LogP contribution in [0.4, 0.5) is 5.69 Å². The van der Waals surface area contributed by atoms with Crippen LogP contribution in [0.25, 0.3) is 0 Å². The van der Waals surface area contributed by atoms with Gasteiger partial charge in [-0.25, -0.2) is 0 Å². The normalized spacial score (nSPS) is 12.8. The minimum absolute atomic E-state index is 0.0658. The van der Waals surface area contributed by atoms with Crippen molar-refractivity contribution in [2.24, 2.45) is 0 Å². The van der Waals surface area contributed by atoms with Gasteiger partial charge in [0.15, 0.2) is 0 Å². The van der Waals surface area contributed by atoms with Crippen LogP contribution in [0, 0.1) is 21.4 Å². The Morgan fingerprint density at radius 3 is 2.33 bits per heavy atom.